The van der Waals surface area contributed by atoms with Gasteiger partial charge in [-0.2, -0.15) is 0 Å². The molecular weight excluding hydrogens is 268 g/mol. The number of nitrogens with zero attached hydrogens (tertiary/aromatic N) is 5. The summed E-state index contributed by atoms with van der Waals surface area (Å²) in [4.78, 5) is 18.7. The van der Waals surface area contributed by atoms with Crippen LogP contribution < -0.4 is 5.32 Å². The molecule has 0 atom stereocenters. The zero-order chi connectivity index (χ0) is 15.6. The van der Waals surface area contributed by atoms with Crippen molar-refractivity contribution in [3.8, 4) is 0 Å². The van der Waals surface area contributed by atoms with Crippen molar-refractivity contribution in [2.45, 2.75) is 33.2 Å². The molecule has 0 aromatic carbocycles. The first-order valence-electron chi connectivity index (χ1n) is 7.03. The van der Waals surface area contributed by atoms with Gasteiger partial charge < -0.3 is 5.32 Å². The first-order valence-corrected chi connectivity index (χ1v) is 7.03. The van der Waals surface area contributed by atoms with Gasteiger partial charge in [-0.15, -0.1) is 10.2 Å². The van der Waals surface area contributed by atoms with E-state index in [-0.39, 0.29) is 17.3 Å². The summed E-state index contributed by atoms with van der Waals surface area (Å²) in [7, 11) is 2.03. The summed E-state index contributed by atoms with van der Waals surface area (Å²) in [5.41, 5.74) is 0.715. The average molecular weight is 290 g/mol. The Bertz CT molecular complexity index is 648. The number of hydrogen-bond acceptors (Lipinski definition) is 5. The Morgan fingerprint density at radius 2 is 2.14 bits per heavy atom. The second-order valence-corrected chi connectivity index (χ2v) is 5.77. The zero-order valence-electron chi connectivity index (χ0n) is 13.2. The molecule has 0 unspecified atom stereocenters. The molecule has 0 aliphatic carbocycles. The molecule has 0 aliphatic heterocycles. The van der Waals surface area contributed by atoms with E-state index in [9.17, 15) is 4.79 Å². The fraction of sp³-hybridized carbons (Fsp3) is 0.571. The average Bonchev–Trinajstić information content (AvgIpc) is 2.86. The van der Waals surface area contributed by atoms with Gasteiger partial charge in [0.2, 0.25) is 5.82 Å². The fourth-order valence-corrected chi connectivity index (χ4v) is 1.97. The highest BCUT2D eigenvalue weighted by Gasteiger charge is 2.24. The van der Waals surface area contributed by atoms with Crippen molar-refractivity contribution in [3.63, 3.8) is 0 Å². The SMILES string of the molecule is CCN(C)C(C)(C)CNC(=O)c1nnc2nc(C)ccn12. The van der Waals surface area contributed by atoms with Crippen molar-refractivity contribution in [2.24, 2.45) is 0 Å². The van der Waals surface area contributed by atoms with Crippen molar-refractivity contribution in [1.82, 2.24) is 29.8 Å². The Balaban J connectivity index is 2.13. The molecule has 1 N–H and O–H groups in total. The zero-order valence-corrected chi connectivity index (χ0v) is 13.2. The molecule has 7 nitrogen and oxygen atoms in total. The molecule has 7 heteroatoms. The Morgan fingerprint density at radius 3 is 2.81 bits per heavy atom. The molecule has 21 heavy (non-hydrogen) atoms. The summed E-state index contributed by atoms with van der Waals surface area (Å²) < 4.78 is 1.60. The third-order valence-corrected chi connectivity index (χ3v) is 3.81. The number of carbonyl (C=O) groups excluding carboxylic acids is 1. The minimum absolute atomic E-state index is 0.125. The highest BCUT2D eigenvalue weighted by atomic mass is 16.2. The third-order valence-electron chi connectivity index (χ3n) is 3.81. The summed E-state index contributed by atoms with van der Waals surface area (Å²) in [5, 5.41) is 10.8. The lowest BCUT2D eigenvalue weighted by atomic mass is 10.0. The van der Waals surface area contributed by atoms with Crippen LogP contribution in [0.5, 0.6) is 0 Å². The summed E-state index contributed by atoms with van der Waals surface area (Å²) >= 11 is 0. The quantitative estimate of drug-likeness (QED) is 0.885. The van der Waals surface area contributed by atoms with Gasteiger partial charge in [0.25, 0.3) is 11.7 Å². The van der Waals surface area contributed by atoms with Gasteiger partial charge in [0, 0.05) is 24.0 Å². The second-order valence-electron chi connectivity index (χ2n) is 5.77. The molecule has 0 saturated carbocycles. The number of likely N-dealkylation sites (N-methyl/N-ethyl adjacent to an activating group) is 1. The molecule has 0 bridgehead atoms. The maximum atomic E-state index is 12.3. The van der Waals surface area contributed by atoms with Crippen LogP contribution in [-0.2, 0) is 0 Å². The fourth-order valence-electron chi connectivity index (χ4n) is 1.97. The van der Waals surface area contributed by atoms with Gasteiger partial charge in [-0.25, -0.2) is 4.98 Å². The molecule has 114 valence electrons. The normalized spacial score (nSPS) is 12.1. The number of aryl methyl sites for hydroxylation is 1. The van der Waals surface area contributed by atoms with Crippen LogP contribution in [0.4, 0.5) is 0 Å². The lowest BCUT2D eigenvalue weighted by molar-refractivity contribution is 0.0896. The molecule has 0 radical (unpaired) electrons. The van der Waals surface area contributed by atoms with Crippen LogP contribution in [0.2, 0.25) is 0 Å². The van der Waals surface area contributed by atoms with Crippen LogP contribution in [0.3, 0.4) is 0 Å². The van der Waals surface area contributed by atoms with Crippen LogP contribution in [0, 0.1) is 6.92 Å². The van der Waals surface area contributed by atoms with Crippen molar-refractivity contribution in [3.05, 3.63) is 23.8 Å². The molecule has 0 saturated heterocycles. The van der Waals surface area contributed by atoms with Gasteiger partial charge >= 0.3 is 0 Å². The molecule has 0 spiro atoms. The van der Waals surface area contributed by atoms with E-state index >= 15 is 0 Å². The summed E-state index contributed by atoms with van der Waals surface area (Å²) in [6.07, 6.45) is 1.76. The van der Waals surface area contributed by atoms with Gasteiger partial charge in [0.05, 0.1) is 0 Å². The molecular formula is C14H22N6O. The predicted octanol–water partition coefficient (Wildman–Crippen LogP) is 0.893. The summed E-state index contributed by atoms with van der Waals surface area (Å²) in [5.74, 6) is 0.447. The monoisotopic (exact) mass is 290 g/mol. The Kier molecular flexibility index (Phi) is 4.22. The van der Waals surface area contributed by atoms with E-state index in [1.54, 1.807) is 10.6 Å². The number of amides is 1. The molecule has 2 aromatic heterocycles. The van der Waals surface area contributed by atoms with Crippen LogP contribution in [-0.4, -0.2) is 56.1 Å². The molecule has 0 fully saturated rings. The third kappa shape index (κ3) is 3.18. The van der Waals surface area contributed by atoms with E-state index in [0.717, 1.165) is 12.2 Å². The van der Waals surface area contributed by atoms with E-state index < -0.39 is 0 Å². The number of carbonyl (C=O) groups is 1. The van der Waals surface area contributed by atoms with E-state index in [1.165, 1.54) is 0 Å². The Labute approximate surface area is 124 Å². The number of rotatable bonds is 5. The molecule has 2 aromatic rings. The minimum atomic E-state index is -0.245. The van der Waals surface area contributed by atoms with Gasteiger partial charge in [-0.05, 0) is 40.4 Å². The van der Waals surface area contributed by atoms with Gasteiger partial charge in [-0.3, -0.25) is 14.1 Å². The minimum Gasteiger partial charge on any atom is -0.347 e. The predicted molar refractivity (Wildman–Crippen MR) is 80.2 cm³/mol. The first-order chi connectivity index (χ1) is 9.85. The van der Waals surface area contributed by atoms with E-state index in [2.05, 4.69) is 46.2 Å². The summed E-state index contributed by atoms with van der Waals surface area (Å²) in [6, 6.07) is 1.82. The van der Waals surface area contributed by atoms with Crippen molar-refractivity contribution < 1.29 is 4.79 Å². The van der Waals surface area contributed by atoms with Crippen LogP contribution >= 0.6 is 0 Å². The first kappa shape index (κ1) is 15.4. The molecule has 2 heterocycles. The largest absolute Gasteiger partial charge is 0.347 e. The maximum Gasteiger partial charge on any atom is 0.289 e. The van der Waals surface area contributed by atoms with Gasteiger partial charge in [0.1, 0.15) is 0 Å². The number of fused-ring (bicyclic) bond motifs is 1. The maximum absolute atomic E-state index is 12.3. The Morgan fingerprint density at radius 1 is 1.43 bits per heavy atom. The number of nitrogens with one attached hydrogen (secondary N) is 1. The smallest absolute Gasteiger partial charge is 0.289 e. The van der Waals surface area contributed by atoms with Gasteiger partial charge in [0.15, 0.2) is 0 Å². The summed E-state index contributed by atoms with van der Waals surface area (Å²) in [6.45, 7) is 9.58. The lowest BCUT2D eigenvalue weighted by Crippen LogP contribution is -2.50. The van der Waals surface area contributed by atoms with E-state index in [1.807, 2.05) is 20.0 Å². The molecule has 0 aliphatic rings. The number of hydrogen-bond donors (Lipinski definition) is 1. The van der Waals surface area contributed by atoms with Gasteiger partial charge in [-0.1, -0.05) is 6.92 Å². The topological polar surface area (TPSA) is 75.4 Å². The molecule has 1 amide bonds. The van der Waals surface area contributed by atoms with Crippen molar-refractivity contribution in [1.29, 1.82) is 0 Å². The highest BCUT2D eigenvalue weighted by Crippen LogP contribution is 2.10. The van der Waals surface area contributed by atoms with E-state index in [4.69, 9.17) is 0 Å². The highest BCUT2D eigenvalue weighted by molar-refractivity contribution is 5.91. The van der Waals surface area contributed by atoms with Crippen molar-refractivity contribution in [2.75, 3.05) is 20.1 Å². The molecule has 2 rings (SSSR count). The van der Waals surface area contributed by atoms with E-state index in [0.29, 0.717) is 12.3 Å². The second kappa shape index (κ2) is 5.77. The van der Waals surface area contributed by atoms with Crippen LogP contribution in [0.25, 0.3) is 5.78 Å². The van der Waals surface area contributed by atoms with Crippen LogP contribution in [0.1, 0.15) is 37.1 Å². The lowest BCUT2D eigenvalue weighted by Gasteiger charge is -2.34. The standard InChI is InChI=1S/C14H22N6O/c1-6-19(5)14(3,4)9-15-12(21)11-17-18-13-16-10(2)7-8-20(11)13/h7-8H,6,9H2,1-5H3,(H,15,21). The Hall–Kier alpha value is -2.02. The number of aromatic nitrogens is 4. The van der Waals surface area contributed by atoms with Crippen molar-refractivity contribution >= 4 is 11.7 Å². The van der Waals surface area contributed by atoms with Crippen LogP contribution in [0.15, 0.2) is 12.3 Å².